The molecule has 0 amide bonds. The van der Waals surface area contributed by atoms with Crippen LogP contribution in [0.1, 0.15) is 222 Å². The molecule has 0 spiro atoms. The predicted octanol–water partition coefficient (Wildman–Crippen LogP) is 11.8. The highest BCUT2D eigenvalue weighted by Gasteiger charge is 2.35. The number of ether oxygens (including phenoxy) is 4. The van der Waals surface area contributed by atoms with Crippen LogP contribution >= 0.6 is 0 Å². The van der Waals surface area contributed by atoms with Gasteiger partial charge in [-0.2, -0.15) is 0 Å². The van der Waals surface area contributed by atoms with Gasteiger partial charge in [0, 0.05) is 151 Å². The SMILES string of the molecule is C[C@@H]1C[C@@H](c2cn3c4c(ncc3n2)CC=C4C2CCOCC2)CCN1.C[C@@H]1C[C@H](c2cn3c4c(ncc3n2)CC=C4C2CCOCC2)CCN1.C[C@H]1C[C@@H](c2cn3c4c(ncc3n2)CC=C4C2CCOCC2)CCN1.C[C@H]1C[C@H](c2cn3c4c(ncc3n2)CC=C4C2CCOCC2)CCN1. The Morgan fingerprint density at radius 2 is 0.520 bits per heavy atom. The summed E-state index contributed by atoms with van der Waals surface area (Å²) in [5.41, 5.74) is 24.9. The summed E-state index contributed by atoms with van der Waals surface area (Å²) in [6.07, 6.45) is 48.7. The molecule has 12 aliphatic rings. The number of rotatable bonds is 8. The molecule has 8 aromatic heterocycles. The van der Waals surface area contributed by atoms with Gasteiger partial charge in [0.2, 0.25) is 0 Å². The summed E-state index contributed by atoms with van der Waals surface area (Å²) >= 11 is 0. The maximum absolute atomic E-state index is 5.56. The lowest BCUT2D eigenvalue weighted by atomic mass is 9.90. The van der Waals surface area contributed by atoms with Gasteiger partial charge in [0.1, 0.15) is 0 Å². The van der Waals surface area contributed by atoms with Crippen LogP contribution in [0.5, 0.6) is 0 Å². The zero-order chi connectivity index (χ0) is 67.2. The van der Waals surface area contributed by atoms with Crippen molar-refractivity contribution in [1.82, 2.24) is 78.7 Å². The Morgan fingerprint density at radius 3 is 0.730 bits per heavy atom. The van der Waals surface area contributed by atoms with Gasteiger partial charge < -0.3 is 40.2 Å². The third-order valence-electron chi connectivity index (χ3n) is 24.4. The molecule has 0 unspecified atom stereocenters. The van der Waals surface area contributed by atoms with Crippen molar-refractivity contribution >= 4 is 44.9 Å². The molecule has 4 aliphatic carbocycles. The number of nitrogens with zero attached hydrogens (tertiary/aromatic N) is 12. The van der Waals surface area contributed by atoms with Crippen LogP contribution in [0.2, 0.25) is 0 Å². The smallest absolute Gasteiger partial charge is 0.156 e. The molecule has 16 heterocycles. The fourth-order valence-corrected chi connectivity index (χ4v) is 19.0. The van der Waals surface area contributed by atoms with Crippen LogP contribution in [0.15, 0.2) is 73.9 Å². The topological polar surface area (TPSA) is 206 Å². The van der Waals surface area contributed by atoms with E-state index in [1.807, 2.05) is 24.8 Å². The highest BCUT2D eigenvalue weighted by atomic mass is 16.5. The Kier molecular flexibility index (Phi) is 19.6. The van der Waals surface area contributed by atoms with Crippen LogP contribution in [0.4, 0.5) is 0 Å². The fraction of sp³-hybridized carbons (Fsp3) is 0.600. The van der Waals surface area contributed by atoms with E-state index in [1.165, 1.54) is 142 Å². The van der Waals surface area contributed by atoms with E-state index in [-0.39, 0.29) is 0 Å². The van der Waals surface area contributed by atoms with Gasteiger partial charge in [-0.1, -0.05) is 24.3 Å². The number of allylic oxidation sites excluding steroid dienone is 8. The summed E-state index contributed by atoms with van der Waals surface area (Å²) < 4.78 is 31.5. The van der Waals surface area contributed by atoms with Crippen molar-refractivity contribution in [1.29, 1.82) is 0 Å². The van der Waals surface area contributed by atoms with Crippen LogP contribution < -0.4 is 21.3 Å². The van der Waals surface area contributed by atoms with Gasteiger partial charge in [0.05, 0.1) is 93.1 Å². The first-order valence-electron chi connectivity index (χ1n) is 38.7. The largest absolute Gasteiger partial charge is 0.381 e. The predicted molar refractivity (Wildman–Crippen MR) is 391 cm³/mol. The Morgan fingerprint density at radius 1 is 0.300 bits per heavy atom. The molecule has 20 rings (SSSR count). The van der Waals surface area contributed by atoms with Crippen molar-refractivity contribution < 1.29 is 18.9 Å². The minimum absolute atomic E-state index is 0.559. The Hall–Kier alpha value is -6.88. The van der Waals surface area contributed by atoms with Crippen LogP contribution in [-0.2, 0) is 44.6 Å². The molecule has 0 bridgehead atoms. The maximum Gasteiger partial charge on any atom is 0.156 e. The van der Waals surface area contributed by atoms with E-state index < -0.39 is 0 Å². The molecule has 8 aromatic rings. The van der Waals surface area contributed by atoms with Crippen molar-refractivity contribution in [3.05, 3.63) is 142 Å². The summed E-state index contributed by atoms with van der Waals surface area (Å²) in [7, 11) is 0. The number of hydrogen-bond donors (Lipinski definition) is 4. The zero-order valence-corrected chi connectivity index (χ0v) is 59.5. The van der Waals surface area contributed by atoms with Crippen molar-refractivity contribution in [2.45, 2.75) is 204 Å². The molecule has 0 aromatic carbocycles. The van der Waals surface area contributed by atoms with Crippen LogP contribution in [0.3, 0.4) is 0 Å². The minimum atomic E-state index is 0.559. The molecule has 20 nitrogen and oxygen atoms in total. The normalized spacial score (nSPS) is 27.5. The summed E-state index contributed by atoms with van der Waals surface area (Å²) in [6, 6.07) is 2.30. The molecular weight excluding hydrogens is 1250 g/mol. The van der Waals surface area contributed by atoms with Gasteiger partial charge in [-0.25, -0.2) is 19.9 Å². The van der Waals surface area contributed by atoms with Gasteiger partial charge >= 0.3 is 0 Å². The van der Waals surface area contributed by atoms with Crippen LogP contribution in [-0.4, -0.2) is 161 Å². The van der Waals surface area contributed by atoms with E-state index in [4.69, 9.17) is 58.8 Å². The summed E-state index contributed by atoms with van der Waals surface area (Å²) in [5.74, 6) is 4.65. The molecule has 4 N–H and O–H groups in total. The van der Waals surface area contributed by atoms with Crippen molar-refractivity contribution in [2.75, 3.05) is 79.0 Å². The summed E-state index contributed by atoms with van der Waals surface area (Å²) in [4.78, 5) is 38.7. The number of nitrogens with one attached hydrogen (secondary N) is 4. The maximum atomic E-state index is 5.56. The van der Waals surface area contributed by atoms with Gasteiger partial charge in [-0.3, -0.25) is 37.5 Å². The van der Waals surface area contributed by atoms with E-state index in [0.29, 0.717) is 71.5 Å². The van der Waals surface area contributed by atoms with E-state index >= 15 is 0 Å². The number of hydrogen-bond acceptors (Lipinski definition) is 16. The molecule has 0 saturated carbocycles. The van der Waals surface area contributed by atoms with Crippen molar-refractivity contribution in [3.8, 4) is 0 Å². The quantitative estimate of drug-likeness (QED) is 0.112. The minimum Gasteiger partial charge on any atom is -0.381 e. The van der Waals surface area contributed by atoms with Crippen molar-refractivity contribution in [2.24, 2.45) is 23.7 Å². The highest BCUT2D eigenvalue weighted by Crippen LogP contribution is 2.43. The number of aromatic nitrogens is 12. The van der Waals surface area contributed by atoms with E-state index in [2.05, 4.69) is 116 Å². The Bertz CT molecular complexity index is 3830. The Balaban J connectivity index is 0.0000000997. The summed E-state index contributed by atoms with van der Waals surface area (Å²) in [6.45, 7) is 20.5. The molecule has 20 heteroatoms. The molecule has 528 valence electrons. The molecular formula is C80H104N16O4. The number of imidazole rings is 4. The van der Waals surface area contributed by atoms with E-state index in [0.717, 1.165) is 179 Å². The third-order valence-corrected chi connectivity index (χ3v) is 24.4. The molecule has 8 aliphatic heterocycles. The van der Waals surface area contributed by atoms with Gasteiger partial charge in [0.25, 0.3) is 0 Å². The molecule has 8 atom stereocenters. The average molecular weight is 1350 g/mol. The fourth-order valence-electron chi connectivity index (χ4n) is 19.0. The van der Waals surface area contributed by atoms with Crippen LogP contribution in [0, 0.1) is 23.7 Å². The standard InChI is InChI=1S/4C20H26N4O/c4*1-13-10-15(4-7-21-13)18-12-24-19(23-18)11-22-17-3-2-16(20(17)24)14-5-8-25-9-6-14/h4*2,11-15,21H,3-10H2,1H3/t2*13-,15+;2*13-,15-/m1010/s1. The zero-order valence-electron chi connectivity index (χ0n) is 59.5. The van der Waals surface area contributed by atoms with E-state index in [1.54, 1.807) is 0 Å². The monoisotopic (exact) mass is 1350 g/mol. The molecule has 8 saturated heterocycles. The second kappa shape index (κ2) is 29.5. The van der Waals surface area contributed by atoms with Crippen LogP contribution in [0.25, 0.3) is 44.9 Å². The lowest BCUT2D eigenvalue weighted by molar-refractivity contribution is 0.0806. The lowest BCUT2D eigenvalue weighted by Crippen LogP contribution is -2.34. The third kappa shape index (κ3) is 13.6. The Labute approximate surface area is 588 Å². The first-order valence-corrected chi connectivity index (χ1v) is 38.7. The second-order valence-corrected chi connectivity index (χ2v) is 31.1. The second-order valence-electron chi connectivity index (χ2n) is 31.1. The summed E-state index contributed by atoms with van der Waals surface area (Å²) in [5, 5.41) is 14.2. The first-order chi connectivity index (χ1) is 49.2. The number of fused-ring (bicyclic) bond motifs is 12. The highest BCUT2D eigenvalue weighted by molar-refractivity contribution is 5.76. The van der Waals surface area contributed by atoms with Gasteiger partial charge in [-0.05, 0) is 203 Å². The van der Waals surface area contributed by atoms with Crippen molar-refractivity contribution in [3.63, 3.8) is 0 Å². The molecule has 100 heavy (non-hydrogen) atoms. The van der Waals surface area contributed by atoms with E-state index in [9.17, 15) is 0 Å². The molecule has 8 fully saturated rings. The van der Waals surface area contributed by atoms with Gasteiger partial charge in [-0.15, -0.1) is 0 Å². The lowest BCUT2D eigenvalue weighted by Gasteiger charge is -2.26. The number of piperidine rings is 4. The average Bonchev–Trinajstić information content (AvgIpc) is 1.62. The molecule has 0 radical (unpaired) electrons. The first kappa shape index (κ1) is 66.4. The van der Waals surface area contributed by atoms with Gasteiger partial charge in [0.15, 0.2) is 22.6 Å².